The van der Waals surface area contributed by atoms with E-state index in [9.17, 15) is 0 Å². The molecule has 0 aromatic carbocycles. The van der Waals surface area contributed by atoms with Crippen LogP contribution in [0.5, 0.6) is 0 Å². The van der Waals surface area contributed by atoms with Crippen molar-refractivity contribution in [3.63, 3.8) is 0 Å². The molecule has 2 heterocycles. The average molecular weight is 306 g/mol. The second-order valence-electron chi connectivity index (χ2n) is 2.65. The first kappa shape index (κ1) is 9.07. The maximum Gasteiger partial charge on any atom is 0.178 e. The molecule has 2 aromatic heterocycles. The van der Waals surface area contributed by atoms with Crippen molar-refractivity contribution in [1.29, 1.82) is 0 Å². The zero-order valence-electron chi connectivity index (χ0n) is 7.15. The van der Waals surface area contributed by atoms with Gasteiger partial charge in [0, 0.05) is 12.7 Å². The van der Waals surface area contributed by atoms with Crippen molar-refractivity contribution in [3.8, 4) is 10.7 Å². The van der Waals surface area contributed by atoms with E-state index in [2.05, 4.69) is 37.9 Å². The minimum absolute atomic E-state index is 0.883. The highest BCUT2D eigenvalue weighted by atomic mass is 127. The van der Waals surface area contributed by atoms with Gasteiger partial charge in [-0.25, -0.2) is 0 Å². The van der Waals surface area contributed by atoms with Gasteiger partial charge in [-0.05, 0) is 35.6 Å². The van der Waals surface area contributed by atoms with Gasteiger partial charge >= 0.3 is 0 Å². The summed E-state index contributed by atoms with van der Waals surface area (Å²) in [6.45, 7) is 2.02. The van der Waals surface area contributed by atoms with Gasteiger partial charge in [0.1, 0.15) is 5.69 Å². The Morgan fingerprint density at radius 3 is 2.69 bits per heavy atom. The molecule has 0 aliphatic heterocycles. The first-order valence-electron chi connectivity index (χ1n) is 3.67. The number of rotatable bonds is 1. The van der Waals surface area contributed by atoms with Gasteiger partial charge in [0.05, 0.1) is 0 Å². The Labute approximate surface area is 93.1 Å². The Hall–Kier alpha value is -0.500. The van der Waals surface area contributed by atoms with Crippen molar-refractivity contribution in [2.45, 2.75) is 6.92 Å². The van der Waals surface area contributed by atoms with Crippen LogP contribution in [0.1, 0.15) is 5.69 Å². The van der Waals surface area contributed by atoms with Gasteiger partial charge in [0.15, 0.2) is 8.02 Å². The second kappa shape index (κ2) is 3.33. The zero-order chi connectivity index (χ0) is 9.42. The predicted octanol–water partition coefficient (Wildman–Crippen LogP) is 1.85. The van der Waals surface area contributed by atoms with E-state index in [1.54, 1.807) is 11.3 Å². The first-order chi connectivity index (χ1) is 6.16. The highest BCUT2D eigenvalue weighted by Crippen LogP contribution is 2.23. The summed E-state index contributed by atoms with van der Waals surface area (Å²) in [6, 6.07) is 2.01. The molecule has 6 heteroatoms. The van der Waals surface area contributed by atoms with Crippen LogP contribution in [0.3, 0.4) is 0 Å². The van der Waals surface area contributed by atoms with E-state index in [0.29, 0.717) is 0 Å². The Morgan fingerprint density at radius 1 is 1.46 bits per heavy atom. The summed E-state index contributed by atoms with van der Waals surface area (Å²) in [6.07, 6.45) is 0. The smallest absolute Gasteiger partial charge is 0.178 e. The summed E-state index contributed by atoms with van der Waals surface area (Å²) in [4.78, 5) is 0. The summed E-state index contributed by atoms with van der Waals surface area (Å²) < 4.78 is 2.78. The number of hydrogen-bond donors (Lipinski definition) is 0. The summed E-state index contributed by atoms with van der Waals surface area (Å²) in [7, 11) is 1.92. The Bertz CT molecular complexity index is 414. The molecule has 0 atom stereocenters. The Morgan fingerprint density at radius 2 is 2.23 bits per heavy atom. The minimum Gasteiger partial charge on any atom is -0.272 e. The molecule has 0 saturated carbocycles. The van der Waals surface area contributed by atoms with Crippen molar-refractivity contribution < 1.29 is 0 Å². The Kier molecular flexibility index (Phi) is 2.33. The van der Waals surface area contributed by atoms with Crippen LogP contribution >= 0.6 is 33.9 Å². The summed E-state index contributed by atoms with van der Waals surface area (Å²) in [5.74, 6) is 0. The van der Waals surface area contributed by atoms with Crippen LogP contribution in [-0.2, 0) is 7.05 Å². The van der Waals surface area contributed by atoms with E-state index in [-0.39, 0.29) is 0 Å². The van der Waals surface area contributed by atoms with Crippen LogP contribution < -0.4 is 0 Å². The lowest BCUT2D eigenvalue weighted by molar-refractivity contribution is 0.742. The molecule has 2 aromatic rings. The van der Waals surface area contributed by atoms with Crippen LogP contribution in [0.4, 0.5) is 0 Å². The normalized spacial score (nSPS) is 10.7. The molecule has 0 N–H and O–H groups in total. The fourth-order valence-corrected chi connectivity index (χ4v) is 2.23. The van der Waals surface area contributed by atoms with Gasteiger partial charge in [0.25, 0.3) is 0 Å². The fraction of sp³-hybridized carbons (Fsp3) is 0.286. The lowest BCUT2D eigenvalue weighted by atomic mass is 10.4. The number of nitrogens with zero attached hydrogens (tertiary/aromatic N) is 4. The van der Waals surface area contributed by atoms with E-state index in [1.807, 2.05) is 24.7 Å². The van der Waals surface area contributed by atoms with Crippen molar-refractivity contribution >= 4 is 33.9 Å². The minimum atomic E-state index is 0.883. The molecule has 13 heavy (non-hydrogen) atoms. The molecular formula is C7H7IN4S. The molecular weight excluding hydrogens is 299 g/mol. The third-order valence-electron chi connectivity index (χ3n) is 1.73. The summed E-state index contributed by atoms with van der Waals surface area (Å²) in [5.41, 5.74) is 2.03. The number of aromatic nitrogens is 4. The number of halogens is 1. The second-order valence-corrected chi connectivity index (χ2v) is 5.39. The SMILES string of the molecule is Cc1cc(-c2nnc(I)s2)nn1C. The molecule has 4 nitrogen and oxygen atoms in total. The molecule has 0 amide bonds. The largest absolute Gasteiger partial charge is 0.272 e. The van der Waals surface area contributed by atoms with Crippen LogP contribution in [0, 0.1) is 9.94 Å². The Balaban J connectivity index is 2.46. The predicted molar refractivity (Wildman–Crippen MR) is 59.6 cm³/mol. The van der Waals surface area contributed by atoms with Crippen LogP contribution in [-0.4, -0.2) is 20.0 Å². The summed E-state index contributed by atoms with van der Waals surface area (Å²) in [5, 5.41) is 13.2. The van der Waals surface area contributed by atoms with E-state index < -0.39 is 0 Å². The maximum atomic E-state index is 4.32. The molecule has 2 rings (SSSR count). The van der Waals surface area contributed by atoms with Gasteiger partial charge in [-0.3, -0.25) is 4.68 Å². The van der Waals surface area contributed by atoms with E-state index in [0.717, 1.165) is 19.4 Å². The number of hydrogen-bond acceptors (Lipinski definition) is 4. The van der Waals surface area contributed by atoms with Crippen LogP contribution in [0.25, 0.3) is 10.7 Å². The van der Waals surface area contributed by atoms with Gasteiger partial charge in [-0.2, -0.15) is 5.10 Å². The average Bonchev–Trinajstić information content (AvgIpc) is 2.61. The molecule has 0 fully saturated rings. The van der Waals surface area contributed by atoms with Crippen molar-refractivity contribution in [1.82, 2.24) is 20.0 Å². The van der Waals surface area contributed by atoms with Gasteiger partial charge in [-0.15, -0.1) is 10.2 Å². The quantitative estimate of drug-likeness (QED) is 0.755. The third-order valence-corrected chi connectivity index (χ3v) is 3.34. The van der Waals surface area contributed by atoms with Crippen molar-refractivity contribution in [3.05, 3.63) is 14.8 Å². The molecule has 0 spiro atoms. The first-order valence-corrected chi connectivity index (χ1v) is 5.56. The van der Waals surface area contributed by atoms with E-state index in [1.165, 1.54) is 0 Å². The monoisotopic (exact) mass is 306 g/mol. The molecule has 68 valence electrons. The molecule has 0 saturated heterocycles. The summed E-state index contributed by atoms with van der Waals surface area (Å²) >= 11 is 3.70. The topological polar surface area (TPSA) is 43.6 Å². The van der Waals surface area contributed by atoms with Gasteiger partial charge in [0.2, 0.25) is 0 Å². The molecule has 0 unspecified atom stereocenters. The van der Waals surface area contributed by atoms with Crippen LogP contribution in [0.15, 0.2) is 6.07 Å². The zero-order valence-corrected chi connectivity index (χ0v) is 10.1. The van der Waals surface area contributed by atoms with Crippen LogP contribution in [0.2, 0.25) is 0 Å². The molecule has 0 aliphatic rings. The standard InChI is InChI=1S/C7H7IN4S/c1-4-3-5(11-12(4)2)6-9-10-7(8)13-6/h3H,1-2H3. The lowest BCUT2D eigenvalue weighted by Crippen LogP contribution is -1.92. The number of aryl methyl sites for hydroxylation is 2. The van der Waals surface area contributed by atoms with E-state index in [4.69, 9.17) is 0 Å². The fourth-order valence-electron chi connectivity index (χ4n) is 0.974. The van der Waals surface area contributed by atoms with Gasteiger partial charge < -0.3 is 0 Å². The molecule has 0 radical (unpaired) electrons. The molecule has 0 bridgehead atoms. The van der Waals surface area contributed by atoms with Crippen molar-refractivity contribution in [2.75, 3.05) is 0 Å². The van der Waals surface area contributed by atoms with Crippen molar-refractivity contribution in [2.24, 2.45) is 7.05 Å². The highest BCUT2D eigenvalue weighted by molar-refractivity contribution is 14.1. The third kappa shape index (κ3) is 1.73. The molecule has 0 aliphatic carbocycles. The maximum absolute atomic E-state index is 4.32. The highest BCUT2D eigenvalue weighted by Gasteiger charge is 2.08. The lowest BCUT2D eigenvalue weighted by Gasteiger charge is -1.88. The van der Waals surface area contributed by atoms with Gasteiger partial charge in [-0.1, -0.05) is 11.3 Å². The van der Waals surface area contributed by atoms with E-state index >= 15 is 0 Å².